The molecule has 0 bridgehead atoms. The molecule has 0 radical (unpaired) electrons. The quantitative estimate of drug-likeness (QED) is 0.730. The third-order valence-electron chi connectivity index (χ3n) is 3.30. The van der Waals surface area contributed by atoms with Crippen molar-refractivity contribution in [2.45, 2.75) is 37.8 Å². The maximum Gasteiger partial charge on any atom is 0.0805 e. The molecule has 18 heavy (non-hydrogen) atoms. The summed E-state index contributed by atoms with van der Waals surface area (Å²) in [6.07, 6.45) is 13.5. The van der Waals surface area contributed by atoms with Crippen LogP contribution in [-0.4, -0.2) is 12.1 Å². The zero-order chi connectivity index (χ0) is 12.2. The molecule has 0 aromatic rings. The van der Waals surface area contributed by atoms with E-state index in [0.717, 1.165) is 0 Å². The minimum absolute atomic E-state index is 0.0223. The van der Waals surface area contributed by atoms with Gasteiger partial charge in [-0.15, -0.1) is 0 Å². The number of hydrogen-bond donors (Lipinski definition) is 0. The number of allylic oxidation sites excluding steroid dienone is 4. The van der Waals surface area contributed by atoms with E-state index >= 15 is 0 Å². The van der Waals surface area contributed by atoms with Crippen LogP contribution in [0, 0.1) is 0 Å². The van der Waals surface area contributed by atoms with Gasteiger partial charge < -0.3 is 0 Å². The van der Waals surface area contributed by atoms with E-state index < -0.39 is 0 Å². The molecule has 2 unspecified atom stereocenters. The molecule has 1 fully saturated rings. The van der Waals surface area contributed by atoms with Crippen LogP contribution in [0.25, 0.3) is 0 Å². The molecule has 0 aromatic heterocycles. The molecule has 0 amide bonds. The molecule has 3 aliphatic rings. The second-order valence-electron chi connectivity index (χ2n) is 4.64. The first-order valence-electron chi connectivity index (χ1n) is 6.47. The molecule has 2 heterocycles. The van der Waals surface area contributed by atoms with E-state index in [9.17, 15) is 0 Å². The van der Waals surface area contributed by atoms with Crippen molar-refractivity contribution in [1.29, 1.82) is 0 Å². The predicted molar refractivity (Wildman–Crippen MR) is 82.2 cm³/mol. The summed E-state index contributed by atoms with van der Waals surface area (Å²) in [7, 11) is 0.0446. The summed E-state index contributed by atoms with van der Waals surface area (Å²) in [5.41, 5.74) is 0. The van der Waals surface area contributed by atoms with Crippen LogP contribution in [0.15, 0.2) is 54.7 Å². The van der Waals surface area contributed by atoms with Gasteiger partial charge in [0, 0.05) is 0 Å². The lowest BCUT2D eigenvalue weighted by atomic mass is 9.92. The van der Waals surface area contributed by atoms with Crippen molar-refractivity contribution in [1.82, 2.24) is 0 Å². The Kier molecular flexibility index (Phi) is 4.06. The molecular weight excluding hydrogens is 260 g/mol. The van der Waals surface area contributed by atoms with Crippen LogP contribution in [0.1, 0.15) is 25.7 Å². The van der Waals surface area contributed by atoms with Gasteiger partial charge in [0.15, 0.2) is 0 Å². The third kappa shape index (κ3) is 2.98. The Labute approximate surface area is 114 Å². The fourth-order valence-electron chi connectivity index (χ4n) is 2.39. The maximum absolute atomic E-state index is 4.98. The van der Waals surface area contributed by atoms with E-state index in [-0.39, 0.29) is 21.4 Å². The lowest BCUT2D eigenvalue weighted by Crippen LogP contribution is -2.27. The highest BCUT2D eigenvalue weighted by atomic mass is 32.2. The zero-order valence-corrected chi connectivity index (χ0v) is 11.9. The summed E-state index contributed by atoms with van der Waals surface area (Å²) in [6, 6.07) is 0.869. The van der Waals surface area contributed by atoms with Gasteiger partial charge in [-0.05, 0) is 34.5 Å². The van der Waals surface area contributed by atoms with Gasteiger partial charge in [-0.25, -0.2) is 0 Å². The Bertz CT molecular complexity index is 424. The summed E-state index contributed by atoms with van der Waals surface area (Å²) in [4.78, 5) is 0. The van der Waals surface area contributed by atoms with Crippen molar-refractivity contribution in [3.8, 4) is 0 Å². The van der Waals surface area contributed by atoms with Crippen molar-refractivity contribution < 1.29 is 0 Å². The lowest BCUT2D eigenvalue weighted by molar-refractivity contribution is 0.394. The van der Waals surface area contributed by atoms with Gasteiger partial charge in [0.2, 0.25) is 0 Å². The summed E-state index contributed by atoms with van der Waals surface area (Å²) in [6.45, 7) is 0. The fraction of sp³-hybridized carbons (Fsp3) is 0.429. The normalized spacial score (nSPS) is 31.3. The van der Waals surface area contributed by atoms with Crippen LogP contribution in [0.3, 0.4) is 0 Å². The minimum Gasteiger partial charge on any atom is -0.251 e. The van der Waals surface area contributed by atoms with Gasteiger partial charge in [-0.3, -0.25) is 8.73 Å². The zero-order valence-electron chi connectivity index (χ0n) is 10.3. The Morgan fingerprint density at radius 2 is 1.06 bits per heavy atom. The van der Waals surface area contributed by atoms with Gasteiger partial charge in [0.05, 0.1) is 12.1 Å². The number of nitrogens with zero attached hydrogens (tertiary/aromatic N) is 2. The van der Waals surface area contributed by atoms with Crippen molar-refractivity contribution >= 4 is 21.4 Å². The Morgan fingerprint density at radius 3 is 1.44 bits per heavy atom. The van der Waals surface area contributed by atoms with Crippen LogP contribution < -0.4 is 0 Å². The second-order valence-corrected chi connectivity index (χ2v) is 7.54. The summed E-state index contributed by atoms with van der Waals surface area (Å²) >= 11 is 0. The summed E-state index contributed by atoms with van der Waals surface area (Å²) < 4.78 is 9.95. The van der Waals surface area contributed by atoms with Gasteiger partial charge in [-0.1, -0.05) is 58.5 Å². The highest BCUT2D eigenvalue weighted by Crippen LogP contribution is 2.26. The van der Waals surface area contributed by atoms with Gasteiger partial charge in [-0.2, -0.15) is 0 Å². The molecule has 0 aromatic carbocycles. The van der Waals surface area contributed by atoms with Crippen LogP contribution in [0.5, 0.6) is 0 Å². The smallest absolute Gasteiger partial charge is 0.0805 e. The highest BCUT2D eigenvalue weighted by molar-refractivity contribution is 7.93. The molecule has 4 heteroatoms. The Hall–Kier alpha value is -0.740. The van der Waals surface area contributed by atoms with E-state index in [1.54, 1.807) is 0 Å². The molecule has 2 nitrogen and oxygen atoms in total. The average molecular weight is 278 g/mol. The highest BCUT2D eigenvalue weighted by Gasteiger charge is 2.24. The molecule has 1 aliphatic carbocycles. The van der Waals surface area contributed by atoms with Crippen LogP contribution >= 0.6 is 0 Å². The molecule has 2 aliphatic heterocycles. The first-order chi connectivity index (χ1) is 8.92. The molecular formula is C14H18N2S2. The van der Waals surface area contributed by atoms with Crippen molar-refractivity contribution in [3.05, 3.63) is 45.9 Å². The van der Waals surface area contributed by atoms with E-state index in [1.807, 2.05) is 0 Å². The molecule has 96 valence electrons. The molecule has 1 saturated carbocycles. The Balaban J connectivity index is 1.77. The van der Waals surface area contributed by atoms with Crippen LogP contribution in [0.2, 0.25) is 0 Å². The van der Waals surface area contributed by atoms with Crippen molar-refractivity contribution in [2.75, 3.05) is 0 Å². The van der Waals surface area contributed by atoms with Gasteiger partial charge in [0.1, 0.15) is 0 Å². The minimum atomic E-state index is 0.0223. The SMILES string of the molecule is C1=CS(=NC2CCCCC2N=S2C=CC=C2)C=C1. The number of rotatable bonds is 2. The average Bonchev–Trinajstić information content (AvgIpc) is 3.05. The monoisotopic (exact) mass is 278 g/mol. The molecule has 0 saturated heterocycles. The molecule has 2 atom stereocenters. The lowest BCUT2D eigenvalue weighted by Gasteiger charge is -2.26. The van der Waals surface area contributed by atoms with E-state index in [1.165, 1.54) is 25.7 Å². The van der Waals surface area contributed by atoms with E-state index in [2.05, 4.69) is 45.9 Å². The maximum atomic E-state index is 4.98. The van der Waals surface area contributed by atoms with E-state index in [4.69, 9.17) is 8.73 Å². The largest absolute Gasteiger partial charge is 0.251 e. The molecule has 3 rings (SSSR count). The first kappa shape index (κ1) is 12.3. The fourth-order valence-corrected chi connectivity index (χ4v) is 4.97. The van der Waals surface area contributed by atoms with Crippen molar-refractivity contribution in [3.63, 3.8) is 0 Å². The number of hydrogen-bond acceptors (Lipinski definition) is 2. The van der Waals surface area contributed by atoms with E-state index in [0.29, 0.717) is 12.1 Å². The topological polar surface area (TPSA) is 24.7 Å². The standard InChI is InChI=1S/C14H18N2S2/c1-2-8-14(16-18-11-5-6-12-18)13(7-1)15-17-9-3-4-10-17/h3-6,9-14H,1-2,7-8H2. The van der Waals surface area contributed by atoms with Gasteiger partial charge >= 0.3 is 0 Å². The predicted octanol–water partition coefficient (Wildman–Crippen LogP) is 3.98. The molecule has 0 N–H and O–H groups in total. The Morgan fingerprint density at radius 1 is 0.667 bits per heavy atom. The van der Waals surface area contributed by atoms with Crippen molar-refractivity contribution in [2.24, 2.45) is 8.73 Å². The second kappa shape index (κ2) is 5.93. The summed E-state index contributed by atoms with van der Waals surface area (Å²) in [5, 5.41) is 8.79. The first-order valence-corrected chi connectivity index (χ1v) is 9.09. The third-order valence-corrected chi connectivity index (χ3v) is 6.07. The van der Waals surface area contributed by atoms with Gasteiger partial charge in [0.25, 0.3) is 0 Å². The van der Waals surface area contributed by atoms with Crippen LogP contribution in [-0.2, 0) is 21.4 Å². The molecule has 0 spiro atoms. The van der Waals surface area contributed by atoms with Crippen LogP contribution in [0.4, 0.5) is 0 Å². The summed E-state index contributed by atoms with van der Waals surface area (Å²) in [5.74, 6) is 0.